The molecule has 0 spiro atoms. The summed E-state index contributed by atoms with van der Waals surface area (Å²) in [5, 5.41) is 2.95. The molecule has 0 radical (unpaired) electrons. The van der Waals surface area contributed by atoms with Gasteiger partial charge < -0.3 is 16.0 Å². The first-order valence-corrected chi connectivity index (χ1v) is 8.65. The van der Waals surface area contributed by atoms with Crippen LogP contribution < -0.4 is 11.1 Å². The lowest BCUT2D eigenvalue weighted by molar-refractivity contribution is 0.0950. The maximum absolute atomic E-state index is 12.1. The van der Waals surface area contributed by atoms with Crippen molar-refractivity contribution in [1.82, 2.24) is 15.1 Å². The number of hydrogen-bond donors (Lipinski definition) is 2. The minimum atomic E-state index is -0.0211. The number of hydrogen-bond acceptors (Lipinski definition) is 4. The van der Waals surface area contributed by atoms with Gasteiger partial charge in [0, 0.05) is 50.9 Å². The first kappa shape index (κ1) is 16.4. The molecule has 126 valence electrons. The van der Waals surface area contributed by atoms with Crippen LogP contribution in [-0.2, 0) is 6.54 Å². The molecule has 1 amide bonds. The SMILES string of the molecule is CN1CCN(Cc2ccc(C(=O)NCC(N)C3CC3)cc2)CC1. The molecule has 3 rings (SSSR count). The summed E-state index contributed by atoms with van der Waals surface area (Å²) < 4.78 is 0. The zero-order valence-electron chi connectivity index (χ0n) is 14.0. The topological polar surface area (TPSA) is 61.6 Å². The molecule has 2 aliphatic rings. The second-order valence-electron chi connectivity index (χ2n) is 6.99. The number of carbonyl (C=O) groups is 1. The number of rotatable bonds is 6. The maximum atomic E-state index is 12.1. The summed E-state index contributed by atoms with van der Waals surface area (Å²) in [4.78, 5) is 17.0. The highest BCUT2D eigenvalue weighted by atomic mass is 16.1. The lowest BCUT2D eigenvalue weighted by Crippen LogP contribution is -2.43. The molecule has 5 heteroatoms. The van der Waals surface area contributed by atoms with Crippen molar-refractivity contribution in [2.75, 3.05) is 39.8 Å². The summed E-state index contributed by atoms with van der Waals surface area (Å²) in [5.41, 5.74) is 8.00. The minimum absolute atomic E-state index is 0.0211. The highest BCUT2D eigenvalue weighted by Crippen LogP contribution is 2.31. The first-order chi connectivity index (χ1) is 11.1. The Hall–Kier alpha value is -1.43. The number of carbonyl (C=O) groups excluding carboxylic acids is 1. The number of likely N-dealkylation sites (N-methyl/N-ethyl adjacent to an activating group) is 1. The summed E-state index contributed by atoms with van der Waals surface area (Å²) in [7, 11) is 2.17. The molecule has 0 aromatic heterocycles. The molecule has 1 unspecified atom stereocenters. The molecule has 1 aliphatic carbocycles. The van der Waals surface area contributed by atoms with Crippen LogP contribution in [-0.4, -0.2) is 61.5 Å². The Balaban J connectivity index is 1.47. The quantitative estimate of drug-likeness (QED) is 0.819. The van der Waals surface area contributed by atoms with Crippen LogP contribution in [0.2, 0.25) is 0 Å². The Morgan fingerprint density at radius 1 is 1.22 bits per heavy atom. The second-order valence-corrected chi connectivity index (χ2v) is 6.99. The van der Waals surface area contributed by atoms with Gasteiger partial charge in [0.2, 0.25) is 0 Å². The van der Waals surface area contributed by atoms with Crippen LogP contribution in [0.15, 0.2) is 24.3 Å². The number of nitrogens with two attached hydrogens (primary N) is 1. The van der Waals surface area contributed by atoms with E-state index in [1.807, 2.05) is 12.1 Å². The Kier molecular flexibility index (Phi) is 5.30. The third-order valence-electron chi connectivity index (χ3n) is 4.94. The highest BCUT2D eigenvalue weighted by molar-refractivity contribution is 5.94. The van der Waals surface area contributed by atoms with E-state index in [-0.39, 0.29) is 11.9 Å². The van der Waals surface area contributed by atoms with E-state index in [4.69, 9.17) is 5.73 Å². The largest absolute Gasteiger partial charge is 0.350 e. The molecule has 1 atom stereocenters. The van der Waals surface area contributed by atoms with E-state index < -0.39 is 0 Å². The van der Waals surface area contributed by atoms with Gasteiger partial charge in [-0.05, 0) is 43.5 Å². The van der Waals surface area contributed by atoms with Crippen molar-refractivity contribution in [2.24, 2.45) is 11.7 Å². The van der Waals surface area contributed by atoms with E-state index in [1.54, 1.807) is 0 Å². The van der Waals surface area contributed by atoms with Crippen LogP contribution in [0.25, 0.3) is 0 Å². The van der Waals surface area contributed by atoms with Gasteiger partial charge in [-0.15, -0.1) is 0 Å². The van der Waals surface area contributed by atoms with Gasteiger partial charge in [-0.25, -0.2) is 0 Å². The fourth-order valence-electron chi connectivity index (χ4n) is 3.03. The average Bonchev–Trinajstić information content (AvgIpc) is 3.40. The van der Waals surface area contributed by atoms with Gasteiger partial charge in [-0.1, -0.05) is 12.1 Å². The Morgan fingerprint density at radius 2 is 1.87 bits per heavy atom. The molecule has 5 nitrogen and oxygen atoms in total. The van der Waals surface area contributed by atoms with Gasteiger partial charge in [-0.3, -0.25) is 9.69 Å². The van der Waals surface area contributed by atoms with Crippen LogP contribution in [0.4, 0.5) is 0 Å². The lowest BCUT2D eigenvalue weighted by Gasteiger charge is -2.32. The van der Waals surface area contributed by atoms with Crippen molar-refractivity contribution in [3.05, 3.63) is 35.4 Å². The van der Waals surface area contributed by atoms with Crippen LogP contribution in [0.3, 0.4) is 0 Å². The second kappa shape index (κ2) is 7.43. The molecule has 1 aromatic carbocycles. The van der Waals surface area contributed by atoms with Crippen molar-refractivity contribution in [2.45, 2.75) is 25.4 Å². The number of amides is 1. The van der Waals surface area contributed by atoms with Crippen molar-refractivity contribution in [3.63, 3.8) is 0 Å². The van der Waals surface area contributed by atoms with E-state index in [9.17, 15) is 4.79 Å². The summed E-state index contributed by atoms with van der Waals surface area (Å²) in [6.45, 7) is 6.01. The average molecular weight is 316 g/mol. The van der Waals surface area contributed by atoms with Crippen molar-refractivity contribution >= 4 is 5.91 Å². The summed E-state index contributed by atoms with van der Waals surface area (Å²) in [6.07, 6.45) is 2.41. The van der Waals surface area contributed by atoms with Crippen LogP contribution >= 0.6 is 0 Å². The monoisotopic (exact) mass is 316 g/mol. The molecule has 2 fully saturated rings. The van der Waals surface area contributed by atoms with E-state index in [0.717, 1.165) is 38.3 Å². The van der Waals surface area contributed by atoms with E-state index >= 15 is 0 Å². The summed E-state index contributed by atoms with van der Waals surface area (Å²) in [6, 6.07) is 8.07. The Labute approximate surface area is 138 Å². The fraction of sp³-hybridized carbons (Fsp3) is 0.611. The zero-order valence-corrected chi connectivity index (χ0v) is 14.0. The molecule has 1 saturated carbocycles. The number of benzene rings is 1. The van der Waals surface area contributed by atoms with E-state index in [1.165, 1.54) is 18.4 Å². The number of nitrogens with zero attached hydrogens (tertiary/aromatic N) is 2. The molecule has 3 N–H and O–H groups in total. The summed E-state index contributed by atoms with van der Waals surface area (Å²) in [5.74, 6) is 0.591. The maximum Gasteiger partial charge on any atom is 0.251 e. The fourth-order valence-corrected chi connectivity index (χ4v) is 3.03. The molecular formula is C18H28N4O. The first-order valence-electron chi connectivity index (χ1n) is 8.65. The van der Waals surface area contributed by atoms with Gasteiger partial charge in [0.1, 0.15) is 0 Å². The smallest absolute Gasteiger partial charge is 0.251 e. The molecule has 0 bridgehead atoms. The van der Waals surface area contributed by atoms with Crippen molar-refractivity contribution < 1.29 is 4.79 Å². The predicted octanol–water partition coefficient (Wildman–Crippen LogP) is 0.901. The molecule has 23 heavy (non-hydrogen) atoms. The van der Waals surface area contributed by atoms with E-state index in [2.05, 4.69) is 34.3 Å². The molecule has 1 saturated heterocycles. The van der Waals surface area contributed by atoms with Gasteiger partial charge in [-0.2, -0.15) is 0 Å². The predicted molar refractivity (Wildman–Crippen MR) is 92.2 cm³/mol. The van der Waals surface area contributed by atoms with Gasteiger partial charge in [0.05, 0.1) is 0 Å². The van der Waals surface area contributed by atoms with Crippen molar-refractivity contribution in [1.29, 1.82) is 0 Å². The third-order valence-corrected chi connectivity index (χ3v) is 4.94. The summed E-state index contributed by atoms with van der Waals surface area (Å²) >= 11 is 0. The van der Waals surface area contributed by atoms with E-state index in [0.29, 0.717) is 12.5 Å². The lowest BCUT2D eigenvalue weighted by atomic mass is 10.1. The molecule has 1 heterocycles. The molecule has 1 aromatic rings. The van der Waals surface area contributed by atoms with Crippen LogP contribution in [0, 0.1) is 5.92 Å². The Bertz CT molecular complexity index is 518. The van der Waals surface area contributed by atoms with Gasteiger partial charge in [0.15, 0.2) is 0 Å². The molecular weight excluding hydrogens is 288 g/mol. The van der Waals surface area contributed by atoms with Crippen LogP contribution in [0.5, 0.6) is 0 Å². The third kappa shape index (κ3) is 4.77. The number of nitrogens with one attached hydrogen (secondary N) is 1. The van der Waals surface area contributed by atoms with Gasteiger partial charge in [0.25, 0.3) is 5.91 Å². The minimum Gasteiger partial charge on any atom is -0.350 e. The standard InChI is InChI=1S/C18H28N4O/c1-21-8-10-22(11-9-21)13-14-2-4-16(5-3-14)18(23)20-12-17(19)15-6-7-15/h2-5,15,17H,6-13,19H2,1H3,(H,20,23). The Morgan fingerprint density at radius 3 is 2.48 bits per heavy atom. The normalized spacial score (nSPS) is 21.1. The van der Waals surface area contributed by atoms with Crippen molar-refractivity contribution in [3.8, 4) is 0 Å². The molecule has 1 aliphatic heterocycles. The van der Waals surface area contributed by atoms with Gasteiger partial charge >= 0.3 is 0 Å². The number of piperazine rings is 1. The zero-order chi connectivity index (χ0) is 16.2. The highest BCUT2D eigenvalue weighted by Gasteiger charge is 2.28. The van der Waals surface area contributed by atoms with Crippen LogP contribution in [0.1, 0.15) is 28.8 Å².